The molecule has 1 unspecified atom stereocenters. The Morgan fingerprint density at radius 2 is 2.17 bits per heavy atom. The lowest BCUT2D eigenvalue weighted by Crippen LogP contribution is -2.33. The molecule has 0 spiro atoms. The summed E-state index contributed by atoms with van der Waals surface area (Å²) in [5, 5.41) is 3.95. The second-order valence-corrected chi connectivity index (χ2v) is 7.92. The number of carbonyl (C=O) groups is 3. The summed E-state index contributed by atoms with van der Waals surface area (Å²) in [7, 11) is 0. The molecule has 0 bridgehead atoms. The van der Waals surface area contributed by atoms with Gasteiger partial charge in [0.05, 0.1) is 4.88 Å². The molecule has 7 heteroatoms. The summed E-state index contributed by atoms with van der Waals surface area (Å²) in [6.07, 6.45) is 3.11. The van der Waals surface area contributed by atoms with Gasteiger partial charge in [0.1, 0.15) is 4.88 Å². The molecule has 2 heterocycles. The zero-order valence-electron chi connectivity index (χ0n) is 13.2. The average Bonchev–Trinajstić information content (AvgIpc) is 3.21. The molecule has 1 N–H and O–H groups in total. The Hall–Kier alpha value is -1.99. The second-order valence-electron chi connectivity index (χ2n) is 5.84. The third-order valence-corrected chi connectivity index (χ3v) is 5.95. The van der Waals surface area contributed by atoms with Crippen molar-refractivity contribution in [2.24, 2.45) is 5.92 Å². The van der Waals surface area contributed by atoms with Gasteiger partial charge in [-0.2, -0.15) is 0 Å². The summed E-state index contributed by atoms with van der Waals surface area (Å²) >= 11 is 2.68. The van der Waals surface area contributed by atoms with Gasteiger partial charge in [0, 0.05) is 4.88 Å². The minimum atomic E-state index is -0.628. The van der Waals surface area contributed by atoms with Crippen molar-refractivity contribution in [1.29, 1.82) is 0 Å². The van der Waals surface area contributed by atoms with Gasteiger partial charge < -0.3 is 4.74 Å². The predicted octanol–water partition coefficient (Wildman–Crippen LogP) is 3.05. The van der Waals surface area contributed by atoms with E-state index >= 15 is 0 Å². The Labute approximate surface area is 147 Å². The number of hydrogen-bond donors (Lipinski definition) is 1. The van der Waals surface area contributed by atoms with Crippen LogP contribution in [-0.4, -0.2) is 24.4 Å². The van der Waals surface area contributed by atoms with Crippen molar-refractivity contribution < 1.29 is 19.1 Å². The van der Waals surface area contributed by atoms with E-state index in [1.54, 1.807) is 17.5 Å². The van der Waals surface area contributed by atoms with Gasteiger partial charge in [-0.25, -0.2) is 4.79 Å². The number of imide groups is 1. The maximum atomic E-state index is 12.1. The Kier molecular flexibility index (Phi) is 5.11. The zero-order valence-corrected chi connectivity index (χ0v) is 14.8. The lowest BCUT2D eigenvalue weighted by molar-refractivity contribution is -0.123. The highest BCUT2D eigenvalue weighted by molar-refractivity contribution is 7.14. The highest BCUT2D eigenvalue weighted by atomic mass is 32.1. The first kappa shape index (κ1) is 16.9. The quantitative estimate of drug-likeness (QED) is 0.848. The van der Waals surface area contributed by atoms with Gasteiger partial charge in [-0.15, -0.1) is 22.7 Å². The van der Waals surface area contributed by atoms with Crippen LogP contribution in [0.3, 0.4) is 0 Å². The molecule has 3 rings (SSSR count). The number of aryl methyl sites for hydroxylation is 1. The summed E-state index contributed by atoms with van der Waals surface area (Å²) in [6, 6.07) is 5.21. The molecule has 0 fully saturated rings. The first-order valence-electron chi connectivity index (χ1n) is 7.69. The summed E-state index contributed by atoms with van der Waals surface area (Å²) in [5.41, 5.74) is 1.21. The molecule has 1 atom stereocenters. The van der Waals surface area contributed by atoms with Crippen molar-refractivity contribution in [3.05, 3.63) is 43.8 Å². The fourth-order valence-corrected chi connectivity index (χ4v) is 4.36. The molecule has 0 aromatic carbocycles. The average molecular weight is 363 g/mol. The second kappa shape index (κ2) is 7.27. The van der Waals surface area contributed by atoms with Crippen LogP contribution in [0.25, 0.3) is 0 Å². The lowest BCUT2D eigenvalue weighted by Gasteiger charge is -2.16. The number of ether oxygens (including phenoxy) is 1. The number of thiophene rings is 2. The molecular weight excluding hydrogens is 346 g/mol. The van der Waals surface area contributed by atoms with Crippen LogP contribution in [0, 0.1) is 5.92 Å². The van der Waals surface area contributed by atoms with Crippen molar-refractivity contribution in [2.75, 3.05) is 6.61 Å². The van der Waals surface area contributed by atoms with E-state index in [2.05, 4.69) is 12.2 Å². The van der Waals surface area contributed by atoms with Crippen LogP contribution in [0.2, 0.25) is 0 Å². The predicted molar refractivity (Wildman–Crippen MR) is 92.6 cm³/mol. The molecule has 2 aromatic heterocycles. The molecule has 0 radical (unpaired) electrons. The van der Waals surface area contributed by atoms with E-state index < -0.39 is 24.4 Å². The summed E-state index contributed by atoms with van der Waals surface area (Å²) < 4.78 is 5.02. The molecule has 2 aromatic rings. The van der Waals surface area contributed by atoms with Gasteiger partial charge in [-0.3, -0.25) is 14.9 Å². The molecule has 126 valence electrons. The maximum Gasteiger partial charge on any atom is 0.348 e. The van der Waals surface area contributed by atoms with Gasteiger partial charge in [-0.1, -0.05) is 13.0 Å². The fraction of sp³-hybridized carbons (Fsp3) is 0.353. The van der Waals surface area contributed by atoms with Gasteiger partial charge in [0.15, 0.2) is 6.61 Å². The number of nitrogens with one attached hydrogen (secondary N) is 1. The zero-order chi connectivity index (χ0) is 17.1. The van der Waals surface area contributed by atoms with E-state index in [4.69, 9.17) is 4.74 Å². The van der Waals surface area contributed by atoms with Crippen LogP contribution in [0.15, 0.2) is 23.6 Å². The van der Waals surface area contributed by atoms with Gasteiger partial charge >= 0.3 is 5.97 Å². The normalized spacial score (nSPS) is 16.3. The molecule has 2 amide bonds. The van der Waals surface area contributed by atoms with Gasteiger partial charge in [-0.05, 0) is 48.3 Å². The Morgan fingerprint density at radius 3 is 2.92 bits per heavy atom. The number of amides is 2. The standard InChI is InChI=1S/C17H17NO4S2/c1-10-4-5-12-11(7-10)8-14(24-12)17(21)22-9-15(19)18-16(20)13-3-2-6-23-13/h2-3,6,8,10H,4-5,7,9H2,1H3,(H,18,19,20). The molecule has 1 aliphatic carbocycles. The Morgan fingerprint density at radius 1 is 1.33 bits per heavy atom. The van der Waals surface area contributed by atoms with Crippen molar-refractivity contribution in [1.82, 2.24) is 5.32 Å². The number of hydrogen-bond acceptors (Lipinski definition) is 6. The summed E-state index contributed by atoms with van der Waals surface area (Å²) in [6.45, 7) is 1.74. The van der Waals surface area contributed by atoms with Crippen LogP contribution in [0.5, 0.6) is 0 Å². The van der Waals surface area contributed by atoms with Crippen LogP contribution >= 0.6 is 22.7 Å². The number of esters is 1. The highest BCUT2D eigenvalue weighted by Gasteiger charge is 2.22. The molecule has 0 saturated heterocycles. The number of carbonyl (C=O) groups excluding carboxylic acids is 3. The summed E-state index contributed by atoms with van der Waals surface area (Å²) in [4.78, 5) is 37.7. The van der Waals surface area contributed by atoms with E-state index in [0.29, 0.717) is 15.7 Å². The van der Waals surface area contributed by atoms with Crippen LogP contribution < -0.4 is 5.32 Å². The first-order valence-corrected chi connectivity index (χ1v) is 9.39. The topological polar surface area (TPSA) is 72.5 Å². The Balaban J connectivity index is 1.52. The van der Waals surface area contributed by atoms with E-state index in [1.165, 1.54) is 33.1 Å². The van der Waals surface area contributed by atoms with E-state index in [9.17, 15) is 14.4 Å². The highest BCUT2D eigenvalue weighted by Crippen LogP contribution is 2.32. The maximum absolute atomic E-state index is 12.1. The van der Waals surface area contributed by atoms with Crippen molar-refractivity contribution >= 4 is 40.5 Å². The van der Waals surface area contributed by atoms with E-state index in [-0.39, 0.29) is 0 Å². The monoisotopic (exact) mass is 363 g/mol. The molecule has 5 nitrogen and oxygen atoms in total. The van der Waals surface area contributed by atoms with Gasteiger partial charge in [0.25, 0.3) is 11.8 Å². The van der Waals surface area contributed by atoms with Crippen LogP contribution in [0.1, 0.15) is 43.1 Å². The van der Waals surface area contributed by atoms with Crippen LogP contribution in [0.4, 0.5) is 0 Å². The van der Waals surface area contributed by atoms with Crippen molar-refractivity contribution in [3.63, 3.8) is 0 Å². The lowest BCUT2D eigenvalue weighted by atomic mass is 9.90. The third kappa shape index (κ3) is 3.91. The molecule has 1 aliphatic rings. The molecule has 0 saturated carbocycles. The fourth-order valence-electron chi connectivity index (χ4n) is 2.64. The molecule has 24 heavy (non-hydrogen) atoms. The molecular formula is C17H17NO4S2. The molecule has 0 aliphatic heterocycles. The smallest absolute Gasteiger partial charge is 0.348 e. The Bertz CT molecular complexity index is 764. The number of rotatable bonds is 4. The first-order chi connectivity index (χ1) is 11.5. The van der Waals surface area contributed by atoms with E-state index in [0.717, 1.165) is 19.3 Å². The van der Waals surface area contributed by atoms with Crippen molar-refractivity contribution in [2.45, 2.75) is 26.2 Å². The minimum absolute atomic E-state index is 0.440. The van der Waals surface area contributed by atoms with Crippen molar-refractivity contribution in [3.8, 4) is 0 Å². The number of fused-ring (bicyclic) bond motifs is 1. The SMILES string of the molecule is CC1CCc2sc(C(=O)OCC(=O)NC(=O)c3cccs3)cc2C1. The third-order valence-electron chi connectivity index (χ3n) is 3.86. The van der Waals surface area contributed by atoms with Crippen LogP contribution in [-0.2, 0) is 22.4 Å². The summed E-state index contributed by atoms with van der Waals surface area (Å²) in [5.74, 6) is -0.992. The largest absolute Gasteiger partial charge is 0.451 e. The van der Waals surface area contributed by atoms with E-state index in [1.807, 2.05) is 6.07 Å². The van der Waals surface area contributed by atoms with Gasteiger partial charge in [0.2, 0.25) is 0 Å². The minimum Gasteiger partial charge on any atom is -0.451 e.